The average molecular weight is 268 g/mol. The Morgan fingerprint density at radius 1 is 1.42 bits per heavy atom. The van der Waals surface area contributed by atoms with E-state index < -0.39 is 5.82 Å². The molecule has 0 aromatic heterocycles. The summed E-state index contributed by atoms with van der Waals surface area (Å²) in [4.78, 5) is 13.4. The summed E-state index contributed by atoms with van der Waals surface area (Å²) in [5.41, 5.74) is 6.12. The second-order valence-electron chi connectivity index (χ2n) is 4.46. The van der Waals surface area contributed by atoms with Crippen LogP contribution in [0, 0.1) is 5.82 Å². The van der Waals surface area contributed by atoms with Crippen molar-refractivity contribution in [3.63, 3.8) is 0 Å². The van der Waals surface area contributed by atoms with E-state index in [4.69, 9.17) is 10.5 Å². The molecule has 1 aromatic carbocycles. The Kier molecular flexibility index (Phi) is 6.29. The largest absolute Gasteiger partial charge is 0.494 e. The molecule has 0 saturated heterocycles. The first-order chi connectivity index (χ1) is 9.08. The highest BCUT2D eigenvalue weighted by molar-refractivity contribution is 5.75. The van der Waals surface area contributed by atoms with Crippen LogP contribution in [0.25, 0.3) is 0 Å². The van der Waals surface area contributed by atoms with E-state index in [0.29, 0.717) is 19.5 Å². The van der Waals surface area contributed by atoms with Gasteiger partial charge in [0.15, 0.2) is 11.6 Å². The van der Waals surface area contributed by atoms with Crippen LogP contribution in [0.2, 0.25) is 0 Å². The van der Waals surface area contributed by atoms with Crippen LogP contribution in [0.5, 0.6) is 5.75 Å². The Morgan fingerprint density at radius 3 is 2.74 bits per heavy atom. The lowest BCUT2D eigenvalue weighted by molar-refractivity contribution is -0.130. The van der Waals surface area contributed by atoms with Crippen LogP contribution in [-0.2, 0) is 11.3 Å². The van der Waals surface area contributed by atoms with E-state index in [1.54, 1.807) is 24.1 Å². The number of unbranched alkanes of at least 4 members (excludes halogenated alkanes) is 1. The highest BCUT2D eigenvalue weighted by Gasteiger charge is 2.10. The van der Waals surface area contributed by atoms with Crippen LogP contribution in [0.15, 0.2) is 18.2 Å². The van der Waals surface area contributed by atoms with Crippen molar-refractivity contribution < 1.29 is 13.9 Å². The Labute approximate surface area is 113 Å². The molecule has 1 rings (SSSR count). The van der Waals surface area contributed by atoms with Gasteiger partial charge in [-0.25, -0.2) is 4.39 Å². The lowest BCUT2D eigenvalue weighted by atomic mass is 10.1. The molecule has 0 atom stereocenters. The number of nitrogens with zero attached hydrogens (tertiary/aromatic N) is 1. The van der Waals surface area contributed by atoms with Crippen LogP contribution < -0.4 is 10.5 Å². The smallest absolute Gasteiger partial charge is 0.222 e. The second kappa shape index (κ2) is 7.74. The Balaban J connectivity index is 2.54. The topological polar surface area (TPSA) is 55.6 Å². The molecule has 19 heavy (non-hydrogen) atoms. The molecule has 2 N–H and O–H groups in total. The quantitative estimate of drug-likeness (QED) is 0.769. The zero-order valence-electron chi connectivity index (χ0n) is 11.5. The molecule has 0 aliphatic heterocycles. The number of carbonyl (C=O) groups is 1. The number of nitrogens with two attached hydrogens (primary N) is 1. The van der Waals surface area contributed by atoms with Gasteiger partial charge in [-0.2, -0.15) is 0 Å². The molecule has 0 bridgehead atoms. The molecular formula is C14H21FN2O2. The predicted octanol–water partition coefficient (Wildman–Crippen LogP) is 1.92. The van der Waals surface area contributed by atoms with Crippen LogP contribution in [0.3, 0.4) is 0 Å². The van der Waals surface area contributed by atoms with Crippen molar-refractivity contribution in [2.45, 2.75) is 25.8 Å². The van der Waals surface area contributed by atoms with Gasteiger partial charge in [0.25, 0.3) is 0 Å². The molecule has 0 spiro atoms. The molecule has 0 saturated carbocycles. The van der Waals surface area contributed by atoms with Crippen molar-refractivity contribution in [1.82, 2.24) is 4.90 Å². The van der Waals surface area contributed by atoms with Crippen molar-refractivity contribution in [3.8, 4) is 5.75 Å². The summed E-state index contributed by atoms with van der Waals surface area (Å²) in [5, 5.41) is 0. The first-order valence-electron chi connectivity index (χ1n) is 6.35. The average Bonchev–Trinajstić information content (AvgIpc) is 2.39. The summed E-state index contributed by atoms with van der Waals surface area (Å²) in [6, 6.07) is 4.71. The minimum atomic E-state index is -0.413. The summed E-state index contributed by atoms with van der Waals surface area (Å²) in [6.45, 7) is 0.989. The van der Waals surface area contributed by atoms with E-state index in [9.17, 15) is 9.18 Å². The molecule has 0 aliphatic carbocycles. The lowest BCUT2D eigenvalue weighted by Gasteiger charge is -2.17. The summed E-state index contributed by atoms with van der Waals surface area (Å²) >= 11 is 0. The third kappa shape index (κ3) is 4.87. The SMILES string of the molecule is COc1ccc(CN(C)C(=O)CCCCN)cc1F. The molecule has 106 valence electrons. The number of halogens is 1. The van der Waals surface area contributed by atoms with Gasteiger partial charge < -0.3 is 15.4 Å². The van der Waals surface area contributed by atoms with Gasteiger partial charge in [-0.05, 0) is 37.1 Å². The van der Waals surface area contributed by atoms with Crippen molar-refractivity contribution >= 4 is 5.91 Å². The fourth-order valence-corrected chi connectivity index (χ4v) is 1.78. The van der Waals surface area contributed by atoms with Gasteiger partial charge in [0.05, 0.1) is 7.11 Å². The third-order valence-corrected chi connectivity index (χ3v) is 2.91. The van der Waals surface area contributed by atoms with Crippen LogP contribution in [0.4, 0.5) is 4.39 Å². The highest BCUT2D eigenvalue weighted by Crippen LogP contribution is 2.18. The predicted molar refractivity (Wildman–Crippen MR) is 72.3 cm³/mol. The molecule has 0 fully saturated rings. The summed E-state index contributed by atoms with van der Waals surface area (Å²) in [5.74, 6) is -0.158. The number of rotatable bonds is 7. The Morgan fingerprint density at radius 2 is 2.16 bits per heavy atom. The van der Waals surface area contributed by atoms with E-state index >= 15 is 0 Å². The standard InChI is InChI=1S/C14H21FN2O2/c1-17(14(18)5-3-4-8-16)10-11-6-7-13(19-2)12(15)9-11/h6-7,9H,3-5,8,10,16H2,1-2H3. The first-order valence-corrected chi connectivity index (χ1v) is 6.35. The Hall–Kier alpha value is -1.62. The number of benzene rings is 1. The number of hydrogen-bond acceptors (Lipinski definition) is 3. The molecule has 1 amide bonds. The van der Waals surface area contributed by atoms with Gasteiger partial charge in [-0.15, -0.1) is 0 Å². The van der Waals surface area contributed by atoms with E-state index in [1.165, 1.54) is 13.2 Å². The molecule has 0 aliphatic rings. The molecule has 1 aromatic rings. The minimum Gasteiger partial charge on any atom is -0.494 e. The van der Waals surface area contributed by atoms with Gasteiger partial charge in [0.2, 0.25) is 5.91 Å². The summed E-state index contributed by atoms with van der Waals surface area (Å²) in [6.07, 6.45) is 2.11. The summed E-state index contributed by atoms with van der Waals surface area (Å²) < 4.78 is 18.4. The highest BCUT2D eigenvalue weighted by atomic mass is 19.1. The number of hydrogen-bond donors (Lipinski definition) is 1. The normalized spacial score (nSPS) is 10.3. The van der Waals surface area contributed by atoms with Crippen molar-refractivity contribution in [2.24, 2.45) is 5.73 Å². The number of ether oxygens (including phenoxy) is 1. The van der Waals surface area contributed by atoms with Gasteiger partial charge in [0, 0.05) is 20.0 Å². The summed E-state index contributed by atoms with van der Waals surface area (Å²) in [7, 11) is 3.14. The van der Waals surface area contributed by atoms with Crippen molar-refractivity contribution in [3.05, 3.63) is 29.6 Å². The van der Waals surface area contributed by atoms with Crippen LogP contribution >= 0.6 is 0 Å². The van der Waals surface area contributed by atoms with Gasteiger partial charge >= 0.3 is 0 Å². The van der Waals surface area contributed by atoms with E-state index in [0.717, 1.165) is 18.4 Å². The van der Waals surface area contributed by atoms with Crippen molar-refractivity contribution in [2.75, 3.05) is 20.7 Å². The van der Waals surface area contributed by atoms with Gasteiger partial charge in [-0.1, -0.05) is 6.07 Å². The first kappa shape index (κ1) is 15.4. The molecule has 4 nitrogen and oxygen atoms in total. The lowest BCUT2D eigenvalue weighted by Crippen LogP contribution is -2.26. The maximum absolute atomic E-state index is 13.5. The fourth-order valence-electron chi connectivity index (χ4n) is 1.78. The number of carbonyl (C=O) groups excluding carboxylic acids is 1. The molecule has 0 heterocycles. The van der Waals surface area contributed by atoms with Gasteiger partial charge in [0.1, 0.15) is 0 Å². The monoisotopic (exact) mass is 268 g/mol. The molecule has 0 radical (unpaired) electrons. The van der Waals surface area contributed by atoms with E-state index in [2.05, 4.69) is 0 Å². The third-order valence-electron chi connectivity index (χ3n) is 2.91. The van der Waals surface area contributed by atoms with Crippen molar-refractivity contribution in [1.29, 1.82) is 0 Å². The second-order valence-corrected chi connectivity index (χ2v) is 4.46. The maximum Gasteiger partial charge on any atom is 0.222 e. The zero-order valence-corrected chi connectivity index (χ0v) is 11.5. The molecular weight excluding hydrogens is 247 g/mol. The van der Waals surface area contributed by atoms with Crippen LogP contribution in [-0.4, -0.2) is 31.5 Å². The number of methoxy groups -OCH3 is 1. The Bertz CT molecular complexity index is 424. The zero-order chi connectivity index (χ0) is 14.3. The van der Waals surface area contributed by atoms with Gasteiger partial charge in [-0.3, -0.25) is 4.79 Å². The minimum absolute atomic E-state index is 0.0460. The molecule has 5 heteroatoms. The van der Waals surface area contributed by atoms with E-state index in [1.807, 2.05) is 0 Å². The maximum atomic E-state index is 13.5. The molecule has 0 unspecified atom stereocenters. The van der Waals surface area contributed by atoms with E-state index in [-0.39, 0.29) is 11.7 Å². The van der Waals surface area contributed by atoms with Crippen LogP contribution in [0.1, 0.15) is 24.8 Å². The fraction of sp³-hybridized carbons (Fsp3) is 0.500. The number of amides is 1.